The van der Waals surface area contributed by atoms with Crippen molar-refractivity contribution in [3.63, 3.8) is 0 Å². The first-order chi connectivity index (χ1) is 18.2. The summed E-state index contributed by atoms with van der Waals surface area (Å²) in [4.78, 5) is 47.5. The summed E-state index contributed by atoms with van der Waals surface area (Å²) < 4.78 is 18.9. The number of hydrogen-bond donors (Lipinski definition) is 2. The number of benzene rings is 1. The second-order valence-electron chi connectivity index (χ2n) is 12.3. The molecule has 2 aromatic rings. The van der Waals surface area contributed by atoms with Crippen LogP contribution < -0.4 is 10.5 Å². The highest BCUT2D eigenvalue weighted by atomic mass is 19.1. The number of nitrogens with zero attached hydrogens (tertiary/aromatic N) is 3. The monoisotopic (exact) mass is 542 g/mol. The van der Waals surface area contributed by atoms with Gasteiger partial charge in [-0.05, 0) is 51.5 Å². The molecular weight excluding hydrogens is 503 g/mol. The van der Waals surface area contributed by atoms with Crippen molar-refractivity contribution in [1.29, 1.82) is 0 Å². The minimum absolute atomic E-state index is 0.0552. The largest absolute Gasteiger partial charge is 0.444 e. The number of rotatable bonds is 5. The Kier molecular flexibility index (Phi) is 7.91. The number of ether oxygens (including phenoxy) is 1. The van der Waals surface area contributed by atoms with Crippen molar-refractivity contribution >= 4 is 17.7 Å². The van der Waals surface area contributed by atoms with E-state index < -0.39 is 23.2 Å². The first-order valence-electron chi connectivity index (χ1n) is 13.3. The fraction of sp³-hybridized carbons (Fsp3) is 0.552. The van der Waals surface area contributed by atoms with Gasteiger partial charge in [0.05, 0.1) is 24.9 Å². The Balaban J connectivity index is 1.53. The van der Waals surface area contributed by atoms with E-state index in [0.29, 0.717) is 36.5 Å². The number of pyridine rings is 1. The fourth-order valence-electron chi connectivity index (χ4n) is 5.34. The number of aromatic nitrogens is 1. The smallest absolute Gasteiger partial charge is 0.410 e. The Morgan fingerprint density at radius 3 is 2.46 bits per heavy atom. The molecule has 0 radical (unpaired) electrons. The summed E-state index contributed by atoms with van der Waals surface area (Å²) in [5.41, 5.74) is 1.31. The number of aliphatic hydroxyl groups is 1. The molecular formula is C29H39FN4O5. The molecule has 3 heterocycles. The minimum atomic E-state index is -0.634. The molecule has 10 heteroatoms. The van der Waals surface area contributed by atoms with E-state index in [2.05, 4.69) is 4.98 Å². The van der Waals surface area contributed by atoms with Crippen LogP contribution in [-0.2, 0) is 21.4 Å². The Bertz CT molecular complexity index is 1280. The normalized spacial score (nSPS) is 21.1. The second-order valence-corrected chi connectivity index (χ2v) is 12.3. The van der Waals surface area contributed by atoms with Gasteiger partial charge in [0.15, 0.2) is 0 Å². The van der Waals surface area contributed by atoms with E-state index in [-0.39, 0.29) is 43.0 Å². The molecule has 2 amide bonds. The lowest BCUT2D eigenvalue weighted by Gasteiger charge is -2.44. The van der Waals surface area contributed by atoms with Crippen molar-refractivity contribution < 1.29 is 23.8 Å². The molecule has 0 aliphatic carbocycles. The Labute approximate surface area is 228 Å². The Morgan fingerprint density at radius 1 is 1.18 bits per heavy atom. The van der Waals surface area contributed by atoms with Crippen LogP contribution >= 0.6 is 0 Å². The number of halogens is 1. The lowest BCUT2D eigenvalue weighted by atomic mass is 9.91. The number of aliphatic hydroxyl groups excluding tert-OH is 1. The number of anilines is 1. The van der Waals surface area contributed by atoms with Gasteiger partial charge in [-0.1, -0.05) is 26.0 Å². The number of amides is 2. The highest BCUT2D eigenvalue weighted by molar-refractivity contribution is 5.97. The summed E-state index contributed by atoms with van der Waals surface area (Å²) in [6.07, 6.45) is -0.130. The van der Waals surface area contributed by atoms with Gasteiger partial charge in [-0.3, -0.25) is 14.5 Å². The van der Waals surface area contributed by atoms with E-state index in [1.54, 1.807) is 28.0 Å². The predicted molar refractivity (Wildman–Crippen MR) is 146 cm³/mol. The molecule has 1 aromatic carbocycles. The van der Waals surface area contributed by atoms with Crippen molar-refractivity contribution in [2.75, 3.05) is 37.7 Å². The van der Waals surface area contributed by atoms with Gasteiger partial charge in [0, 0.05) is 48.8 Å². The van der Waals surface area contributed by atoms with E-state index in [0.717, 1.165) is 5.56 Å². The highest BCUT2D eigenvalue weighted by Crippen LogP contribution is 2.39. The van der Waals surface area contributed by atoms with Crippen LogP contribution in [0.2, 0.25) is 0 Å². The Morgan fingerprint density at radius 2 is 1.85 bits per heavy atom. The van der Waals surface area contributed by atoms with Crippen LogP contribution in [0, 0.1) is 5.82 Å². The molecule has 0 spiro atoms. The molecule has 212 valence electrons. The quantitative estimate of drug-likeness (QED) is 0.602. The fourth-order valence-corrected chi connectivity index (χ4v) is 5.34. The molecule has 4 rings (SSSR count). The molecule has 39 heavy (non-hydrogen) atoms. The van der Waals surface area contributed by atoms with Crippen molar-refractivity contribution in [1.82, 2.24) is 14.8 Å². The maximum Gasteiger partial charge on any atom is 0.410 e. The number of fused-ring (bicyclic) bond motifs is 1. The zero-order chi connectivity index (χ0) is 28.7. The number of H-pyrrole nitrogens is 1. The minimum Gasteiger partial charge on any atom is -0.444 e. The van der Waals surface area contributed by atoms with Crippen molar-refractivity contribution in [2.45, 2.75) is 71.1 Å². The van der Waals surface area contributed by atoms with Crippen LogP contribution in [0.1, 0.15) is 58.4 Å². The third-order valence-corrected chi connectivity index (χ3v) is 7.36. The predicted octanol–water partition coefficient (Wildman–Crippen LogP) is 3.03. The topological polar surface area (TPSA) is 106 Å². The highest BCUT2D eigenvalue weighted by Gasteiger charge is 2.42. The zero-order valence-electron chi connectivity index (χ0n) is 23.6. The molecule has 0 unspecified atom stereocenters. The lowest BCUT2D eigenvalue weighted by Crippen LogP contribution is -2.62. The van der Waals surface area contributed by atoms with E-state index >= 15 is 0 Å². The number of carbonyl (C=O) groups excluding carboxylic acids is 2. The van der Waals surface area contributed by atoms with Gasteiger partial charge in [0.2, 0.25) is 5.91 Å². The average Bonchev–Trinajstić information content (AvgIpc) is 3.09. The zero-order valence-corrected chi connectivity index (χ0v) is 23.6. The third-order valence-electron chi connectivity index (χ3n) is 7.36. The molecule has 1 fully saturated rings. The summed E-state index contributed by atoms with van der Waals surface area (Å²) in [6, 6.07) is 7.13. The number of aromatic amines is 1. The van der Waals surface area contributed by atoms with Crippen molar-refractivity contribution in [3.05, 3.63) is 63.3 Å². The van der Waals surface area contributed by atoms with Gasteiger partial charge in [-0.15, -0.1) is 0 Å². The van der Waals surface area contributed by atoms with Gasteiger partial charge >= 0.3 is 6.09 Å². The molecule has 9 nitrogen and oxygen atoms in total. The van der Waals surface area contributed by atoms with Crippen LogP contribution in [-0.4, -0.2) is 82.4 Å². The van der Waals surface area contributed by atoms with Crippen LogP contribution in [0.5, 0.6) is 0 Å². The van der Waals surface area contributed by atoms with Gasteiger partial charge < -0.3 is 24.6 Å². The number of nitrogens with one attached hydrogen (secondary N) is 1. The maximum atomic E-state index is 13.7. The number of piperazine rings is 1. The molecule has 2 aliphatic rings. The van der Waals surface area contributed by atoms with Gasteiger partial charge in [-0.25, -0.2) is 9.18 Å². The summed E-state index contributed by atoms with van der Waals surface area (Å²) >= 11 is 0. The standard InChI is InChI=1S/C29H39FN4O5/c1-18-13-32(22(16-35)14-33(18)27(38)39-28(2,3)4)15-24(36)34-17-29(5,6)25-23(34)12-20(26(37)31-25)11-19-7-9-21(30)10-8-19/h7-10,12,18,22,35H,11,13-17H2,1-6H3,(H,31,37)/t18-,22-/m1/s1. The maximum absolute atomic E-state index is 13.7. The summed E-state index contributed by atoms with van der Waals surface area (Å²) in [5, 5.41) is 10.1. The third kappa shape index (κ3) is 6.33. The van der Waals surface area contributed by atoms with E-state index in [1.807, 2.05) is 46.4 Å². The molecule has 1 aromatic heterocycles. The Hall–Kier alpha value is -3.24. The first-order valence-corrected chi connectivity index (χ1v) is 13.3. The molecule has 2 atom stereocenters. The van der Waals surface area contributed by atoms with Crippen LogP contribution in [0.4, 0.5) is 14.9 Å². The molecule has 2 aliphatic heterocycles. The summed E-state index contributed by atoms with van der Waals surface area (Å²) in [6.45, 7) is 12.2. The van der Waals surface area contributed by atoms with Crippen LogP contribution in [0.3, 0.4) is 0 Å². The first kappa shape index (κ1) is 28.8. The summed E-state index contributed by atoms with van der Waals surface area (Å²) in [7, 11) is 0. The van der Waals surface area contributed by atoms with Gasteiger partial charge in [0.25, 0.3) is 5.56 Å². The van der Waals surface area contributed by atoms with Crippen LogP contribution in [0.15, 0.2) is 35.1 Å². The molecule has 2 N–H and O–H groups in total. The second kappa shape index (κ2) is 10.7. The molecule has 1 saturated heterocycles. The molecule has 0 bridgehead atoms. The number of hydrogen-bond acceptors (Lipinski definition) is 6. The van der Waals surface area contributed by atoms with Gasteiger partial charge in [-0.2, -0.15) is 0 Å². The summed E-state index contributed by atoms with van der Waals surface area (Å²) in [5.74, 6) is -0.500. The number of carbonyl (C=O) groups is 2. The lowest BCUT2D eigenvalue weighted by molar-refractivity contribution is -0.121. The van der Waals surface area contributed by atoms with Crippen molar-refractivity contribution in [2.24, 2.45) is 0 Å². The average molecular weight is 543 g/mol. The van der Waals surface area contributed by atoms with Gasteiger partial charge in [0.1, 0.15) is 11.4 Å². The van der Waals surface area contributed by atoms with Crippen LogP contribution in [0.25, 0.3) is 0 Å². The van der Waals surface area contributed by atoms with E-state index in [1.165, 1.54) is 12.1 Å². The molecule has 0 saturated carbocycles. The van der Waals surface area contributed by atoms with Crippen molar-refractivity contribution in [3.8, 4) is 0 Å². The SMILES string of the molecule is C[C@@H]1CN(CC(=O)N2CC(C)(C)c3[nH]c(=O)c(Cc4ccc(F)cc4)cc32)[C@@H](CO)CN1C(=O)OC(C)(C)C. The van der Waals surface area contributed by atoms with E-state index in [9.17, 15) is 23.9 Å². The van der Waals surface area contributed by atoms with E-state index in [4.69, 9.17) is 4.74 Å².